The second kappa shape index (κ2) is 13.5. The molecule has 3 amide bonds. The number of halogens is 3. The fourth-order valence-corrected chi connectivity index (χ4v) is 3.65. The molecule has 3 rings (SSSR count). The van der Waals surface area contributed by atoms with Crippen LogP contribution in [0.2, 0.25) is 15.1 Å². The second-order valence-corrected chi connectivity index (χ2v) is 8.61. The molecule has 37 heavy (non-hydrogen) atoms. The van der Waals surface area contributed by atoms with E-state index in [1.54, 1.807) is 61.5 Å². The fourth-order valence-electron chi connectivity index (χ4n) is 2.93. The summed E-state index contributed by atoms with van der Waals surface area (Å²) in [6.07, 6.45) is 1.33. The van der Waals surface area contributed by atoms with Gasteiger partial charge in [0.25, 0.3) is 5.91 Å². The Hall–Kier alpha value is -3.79. The lowest BCUT2D eigenvalue weighted by molar-refractivity contribution is -0.136. The number of carbonyl (C=O) groups excluding carboxylic acids is 3. The van der Waals surface area contributed by atoms with Crippen LogP contribution in [0.3, 0.4) is 0 Å². The Balaban J connectivity index is 1.56. The zero-order chi connectivity index (χ0) is 26.8. The summed E-state index contributed by atoms with van der Waals surface area (Å²) in [5.74, 6) is -1.62. The van der Waals surface area contributed by atoms with Crippen molar-refractivity contribution < 1.29 is 23.9 Å². The summed E-state index contributed by atoms with van der Waals surface area (Å²) in [5.41, 5.74) is 3.50. The van der Waals surface area contributed by atoms with Crippen LogP contribution >= 0.6 is 34.8 Å². The first-order chi connectivity index (χ1) is 17.7. The van der Waals surface area contributed by atoms with Crippen molar-refractivity contribution in [3.05, 3.63) is 81.3 Å². The molecule has 9 nitrogen and oxygen atoms in total. The highest BCUT2D eigenvalue weighted by molar-refractivity contribution is 6.40. The summed E-state index contributed by atoms with van der Waals surface area (Å²) >= 11 is 17.7. The predicted molar refractivity (Wildman–Crippen MR) is 144 cm³/mol. The summed E-state index contributed by atoms with van der Waals surface area (Å²) in [7, 11) is 0. The van der Waals surface area contributed by atoms with Crippen molar-refractivity contribution in [2.24, 2.45) is 5.10 Å². The zero-order valence-corrected chi connectivity index (χ0v) is 21.7. The number of anilines is 2. The van der Waals surface area contributed by atoms with Crippen LogP contribution in [0.5, 0.6) is 11.5 Å². The Bertz CT molecular complexity index is 1310. The lowest BCUT2D eigenvalue weighted by Gasteiger charge is -2.13. The molecule has 3 aromatic rings. The highest BCUT2D eigenvalue weighted by Gasteiger charge is 2.13. The molecule has 0 aliphatic carbocycles. The summed E-state index contributed by atoms with van der Waals surface area (Å²) in [4.78, 5) is 36.3. The van der Waals surface area contributed by atoms with Crippen LogP contribution in [0.4, 0.5) is 11.4 Å². The van der Waals surface area contributed by atoms with E-state index in [9.17, 15) is 14.4 Å². The highest BCUT2D eigenvalue weighted by atomic mass is 35.5. The third-order valence-electron chi connectivity index (χ3n) is 4.44. The van der Waals surface area contributed by atoms with Gasteiger partial charge in [-0.25, -0.2) is 5.43 Å². The molecule has 12 heteroatoms. The summed E-state index contributed by atoms with van der Waals surface area (Å²) in [6.45, 7) is 1.83. The molecule has 0 bridgehead atoms. The number of hydrogen-bond acceptors (Lipinski definition) is 6. The van der Waals surface area contributed by atoms with E-state index in [0.717, 1.165) is 0 Å². The third kappa shape index (κ3) is 8.98. The van der Waals surface area contributed by atoms with Crippen molar-refractivity contribution in [1.82, 2.24) is 5.43 Å². The van der Waals surface area contributed by atoms with E-state index >= 15 is 0 Å². The number of benzene rings is 3. The molecule has 0 aliphatic rings. The van der Waals surface area contributed by atoms with Gasteiger partial charge in [-0.3, -0.25) is 14.4 Å². The normalized spacial score (nSPS) is 10.6. The minimum absolute atomic E-state index is 0.296. The van der Waals surface area contributed by atoms with Crippen LogP contribution in [-0.4, -0.2) is 37.1 Å². The number of amides is 3. The van der Waals surface area contributed by atoms with Gasteiger partial charge in [0.2, 0.25) is 0 Å². The molecule has 0 radical (unpaired) electrons. The van der Waals surface area contributed by atoms with Crippen LogP contribution in [-0.2, 0) is 14.4 Å². The molecule has 0 aliphatic heterocycles. The number of nitrogens with one attached hydrogen (secondary N) is 3. The van der Waals surface area contributed by atoms with Crippen LogP contribution < -0.4 is 25.5 Å². The molecule has 0 atom stereocenters. The molecule has 0 saturated heterocycles. The van der Waals surface area contributed by atoms with Gasteiger partial charge in [0.1, 0.15) is 0 Å². The minimum Gasteiger partial charge on any atom is -0.490 e. The van der Waals surface area contributed by atoms with Gasteiger partial charge in [-0.1, -0.05) is 40.9 Å². The first-order valence-electron chi connectivity index (χ1n) is 10.8. The quantitative estimate of drug-likeness (QED) is 0.189. The SMILES string of the molecule is CCOc1cc(/C=N\NC(=O)C(=O)Nc2cccc(Cl)c2)ccc1OCC(=O)Nc1cc(Cl)cc(Cl)c1. The number of carbonyl (C=O) groups is 3. The molecule has 0 saturated carbocycles. The van der Waals surface area contributed by atoms with Gasteiger partial charge in [-0.05, 0) is 67.1 Å². The number of hydrazone groups is 1. The van der Waals surface area contributed by atoms with Crippen molar-refractivity contribution in [3.63, 3.8) is 0 Å². The van der Waals surface area contributed by atoms with E-state index < -0.39 is 17.7 Å². The minimum atomic E-state index is -0.965. The Morgan fingerprint density at radius 2 is 1.54 bits per heavy atom. The van der Waals surface area contributed by atoms with E-state index in [1.807, 2.05) is 0 Å². The molecule has 3 aromatic carbocycles. The molecular formula is C25H21Cl3N4O5. The molecule has 192 valence electrons. The standard InChI is InChI=1S/C25H21Cl3N4O5/c1-2-36-22-8-15(13-29-32-25(35)24(34)31-19-5-3-4-16(26)10-19)6-7-21(22)37-14-23(33)30-20-11-17(27)9-18(28)12-20/h3-13H,2,14H2,1H3,(H,30,33)(H,31,34)(H,32,35)/b29-13-. The second-order valence-electron chi connectivity index (χ2n) is 7.30. The van der Waals surface area contributed by atoms with Gasteiger partial charge >= 0.3 is 11.8 Å². The third-order valence-corrected chi connectivity index (χ3v) is 5.11. The average Bonchev–Trinajstić information content (AvgIpc) is 2.83. The largest absolute Gasteiger partial charge is 0.490 e. The molecule has 0 aromatic heterocycles. The van der Waals surface area contributed by atoms with Gasteiger partial charge in [-0.15, -0.1) is 0 Å². The van der Waals surface area contributed by atoms with E-state index in [0.29, 0.717) is 50.1 Å². The Labute approximate surface area is 227 Å². The zero-order valence-electron chi connectivity index (χ0n) is 19.4. The molecule has 0 unspecified atom stereocenters. The lowest BCUT2D eigenvalue weighted by atomic mass is 10.2. The summed E-state index contributed by atoms with van der Waals surface area (Å²) in [5, 5.41) is 10.0. The van der Waals surface area contributed by atoms with Crippen molar-refractivity contribution in [1.29, 1.82) is 0 Å². The van der Waals surface area contributed by atoms with Crippen molar-refractivity contribution >= 4 is 70.1 Å². The Kier molecular flexibility index (Phi) is 10.1. The smallest absolute Gasteiger partial charge is 0.329 e. The topological polar surface area (TPSA) is 118 Å². The van der Waals surface area contributed by atoms with E-state index in [1.165, 1.54) is 12.3 Å². The van der Waals surface area contributed by atoms with Crippen LogP contribution in [0.15, 0.2) is 65.8 Å². The summed E-state index contributed by atoms with van der Waals surface area (Å²) < 4.78 is 11.2. The molecule has 0 fully saturated rings. The van der Waals surface area contributed by atoms with Crippen molar-refractivity contribution in [2.45, 2.75) is 6.92 Å². The maximum atomic E-state index is 12.3. The van der Waals surface area contributed by atoms with Crippen LogP contribution in [0.25, 0.3) is 0 Å². The Morgan fingerprint density at radius 3 is 2.24 bits per heavy atom. The molecule has 0 heterocycles. The molecule has 3 N–H and O–H groups in total. The van der Waals surface area contributed by atoms with Gasteiger partial charge in [-0.2, -0.15) is 5.10 Å². The molecular weight excluding hydrogens is 543 g/mol. The first-order valence-corrected chi connectivity index (χ1v) is 11.9. The average molecular weight is 564 g/mol. The maximum absolute atomic E-state index is 12.3. The van der Waals surface area contributed by atoms with Crippen molar-refractivity contribution in [3.8, 4) is 11.5 Å². The predicted octanol–water partition coefficient (Wildman–Crippen LogP) is 5.15. The van der Waals surface area contributed by atoms with E-state index in [4.69, 9.17) is 44.3 Å². The monoisotopic (exact) mass is 562 g/mol. The number of rotatable bonds is 9. The maximum Gasteiger partial charge on any atom is 0.329 e. The number of ether oxygens (including phenoxy) is 2. The van der Waals surface area contributed by atoms with Crippen molar-refractivity contribution in [2.75, 3.05) is 23.8 Å². The highest BCUT2D eigenvalue weighted by Crippen LogP contribution is 2.28. The van der Waals surface area contributed by atoms with Crippen LogP contribution in [0.1, 0.15) is 12.5 Å². The van der Waals surface area contributed by atoms with Gasteiger partial charge in [0.15, 0.2) is 18.1 Å². The Morgan fingerprint density at radius 1 is 0.811 bits per heavy atom. The van der Waals surface area contributed by atoms with Gasteiger partial charge in [0.05, 0.1) is 12.8 Å². The first kappa shape index (κ1) is 27.8. The van der Waals surface area contributed by atoms with E-state index in [2.05, 4.69) is 21.2 Å². The van der Waals surface area contributed by atoms with Crippen LogP contribution in [0, 0.1) is 0 Å². The van der Waals surface area contributed by atoms with Gasteiger partial charge < -0.3 is 20.1 Å². The number of nitrogens with zero attached hydrogens (tertiary/aromatic N) is 1. The molecule has 0 spiro atoms. The summed E-state index contributed by atoms with van der Waals surface area (Å²) in [6, 6.07) is 15.9. The van der Waals surface area contributed by atoms with E-state index in [-0.39, 0.29) is 6.61 Å². The van der Waals surface area contributed by atoms with Gasteiger partial charge in [0, 0.05) is 26.4 Å². The number of hydrogen-bond donors (Lipinski definition) is 3. The fraction of sp³-hybridized carbons (Fsp3) is 0.120. The lowest BCUT2D eigenvalue weighted by Crippen LogP contribution is -2.32.